The van der Waals surface area contributed by atoms with E-state index in [0.717, 1.165) is 0 Å². The number of hydrogen-bond donors (Lipinski definition) is 1. The molecule has 0 aromatic rings. The largest absolute Gasteiger partial charge is 0.377 e. The number of hydrogen-bond acceptors (Lipinski definition) is 1. The Morgan fingerprint density at radius 3 is 1.18 bits per heavy atom. The van der Waals surface area contributed by atoms with Crippen molar-refractivity contribution in [1.82, 2.24) is 0 Å². The summed E-state index contributed by atoms with van der Waals surface area (Å²) < 4.78 is 0. The molecule has 0 bridgehead atoms. The molecule has 0 rings (SSSR count). The van der Waals surface area contributed by atoms with Crippen LogP contribution >= 0.6 is 8.81 Å². The van der Waals surface area contributed by atoms with E-state index in [1.807, 2.05) is 0 Å². The summed E-state index contributed by atoms with van der Waals surface area (Å²) in [5.41, 5.74) is 0. The van der Waals surface area contributed by atoms with Crippen molar-refractivity contribution in [2.45, 2.75) is 44.2 Å². The molecule has 0 spiro atoms. The molecule has 1 N–H and O–H groups in total. The van der Waals surface area contributed by atoms with Gasteiger partial charge in [-0.05, 0) is 4.91 Å². The maximum absolute atomic E-state index is 9.29. The molecular formula is C7H21OPSi2. The first-order valence-electron chi connectivity index (χ1n) is 4.09. The van der Waals surface area contributed by atoms with E-state index < -0.39 is 16.1 Å². The van der Waals surface area contributed by atoms with Crippen LogP contribution in [-0.2, 0) is 0 Å². The van der Waals surface area contributed by atoms with Crippen molar-refractivity contribution in [2.75, 3.05) is 0 Å². The first kappa shape index (κ1) is 11.8. The molecule has 0 amide bonds. The first-order chi connectivity index (χ1) is 4.69. The van der Waals surface area contributed by atoms with Gasteiger partial charge in [0, 0.05) is 8.81 Å². The van der Waals surface area contributed by atoms with Gasteiger partial charge in [0.2, 0.25) is 0 Å². The fourth-order valence-electron chi connectivity index (χ4n) is 1.69. The zero-order valence-corrected chi connectivity index (χ0v) is 11.5. The Morgan fingerprint density at radius 2 is 1.18 bits per heavy atom. The van der Waals surface area contributed by atoms with Crippen LogP contribution in [0.2, 0.25) is 39.3 Å². The molecule has 0 saturated carbocycles. The minimum Gasteiger partial charge on any atom is -0.377 e. The maximum Gasteiger partial charge on any atom is 0.0516 e. The second-order valence-electron chi connectivity index (χ2n) is 5.29. The van der Waals surface area contributed by atoms with Gasteiger partial charge < -0.3 is 4.89 Å². The van der Waals surface area contributed by atoms with Crippen molar-refractivity contribution in [3.05, 3.63) is 0 Å². The van der Waals surface area contributed by atoms with E-state index in [1.54, 1.807) is 0 Å². The summed E-state index contributed by atoms with van der Waals surface area (Å²) in [6.07, 6.45) is 0. The molecule has 0 aliphatic heterocycles. The Labute approximate surface area is 74.5 Å². The molecule has 0 aliphatic carbocycles. The third kappa shape index (κ3) is 3.84. The number of rotatable bonds is 3. The van der Waals surface area contributed by atoms with E-state index in [2.05, 4.69) is 39.3 Å². The van der Waals surface area contributed by atoms with E-state index in [0.29, 0.717) is 4.91 Å². The lowest BCUT2D eigenvalue weighted by Crippen LogP contribution is -2.50. The van der Waals surface area contributed by atoms with Crippen molar-refractivity contribution in [3.63, 3.8) is 0 Å². The summed E-state index contributed by atoms with van der Waals surface area (Å²) in [5.74, 6) is 0. The summed E-state index contributed by atoms with van der Waals surface area (Å²) in [4.78, 5) is 9.97. The van der Waals surface area contributed by atoms with E-state index in [1.165, 1.54) is 0 Å². The van der Waals surface area contributed by atoms with Crippen LogP contribution in [0.25, 0.3) is 0 Å². The minimum absolute atomic E-state index is 0.175. The lowest BCUT2D eigenvalue weighted by Gasteiger charge is -2.36. The Balaban J connectivity index is 4.43. The summed E-state index contributed by atoms with van der Waals surface area (Å²) in [5, 5.41) is 0. The lowest BCUT2D eigenvalue weighted by molar-refractivity contribution is 0.646. The van der Waals surface area contributed by atoms with Crippen molar-refractivity contribution < 1.29 is 4.89 Å². The summed E-state index contributed by atoms with van der Waals surface area (Å²) in [6, 6.07) is 0. The van der Waals surface area contributed by atoms with Crippen LogP contribution in [0.1, 0.15) is 0 Å². The normalized spacial score (nSPS) is 15.3. The average Bonchev–Trinajstić information content (AvgIpc) is 1.56. The standard InChI is InChI=1S/C7H21OPSi2/c1-10(2,3)7(9-8)11(4,5)6/h7-9H,1-6H3. The highest BCUT2D eigenvalue weighted by Crippen LogP contribution is 2.32. The SMILES string of the molecule is C[Si](C)(C)C(PO)[Si](C)(C)C. The molecule has 0 saturated heterocycles. The van der Waals surface area contributed by atoms with Crippen LogP contribution in [0.15, 0.2) is 0 Å². The molecule has 0 heterocycles. The molecule has 0 aromatic carbocycles. The molecule has 4 heteroatoms. The van der Waals surface area contributed by atoms with Gasteiger partial charge >= 0.3 is 0 Å². The van der Waals surface area contributed by atoms with Gasteiger partial charge in [0.15, 0.2) is 0 Å². The molecular weight excluding hydrogens is 187 g/mol. The predicted octanol–water partition coefficient (Wildman–Crippen LogP) is 2.70. The van der Waals surface area contributed by atoms with Gasteiger partial charge in [-0.3, -0.25) is 0 Å². The Hall–Kier alpha value is 0.824. The molecule has 1 nitrogen and oxygen atoms in total. The molecule has 11 heavy (non-hydrogen) atoms. The van der Waals surface area contributed by atoms with Gasteiger partial charge in [0.05, 0.1) is 16.1 Å². The summed E-state index contributed by atoms with van der Waals surface area (Å²) >= 11 is 0. The van der Waals surface area contributed by atoms with Gasteiger partial charge in [-0.2, -0.15) is 0 Å². The van der Waals surface area contributed by atoms with Gasteiger partial charge in [-0.15, -0.1) is 0 Å². The molecule has 0 radical (unpaired) electrons. The fourth-order valence-corrected chi connectivity index (χ4v) is 15.2. The van der Waals surface area contributed by atoms with Gasteiger partial charge in [0.25, 0.3) is 0 Å². The Kier molecular flexibility index (Phi) is 3.97. The second kappa shape index (κ2) is 3.69. The van der Waals surface area contributed by atoms with Crippen molar-refractivity contribution in [3.8, 4) is 0 Å². The average molecular weight is 208 g/mol. The fraction of sp³-hybridized carbons (Fsp3) is 1.00. The zero-order valence-electron chi connectivity index (χ0n) is 8.52. The molecule has 0 aromatic heterocycles. The molecule has 0 fully saturated rings. The van der Waals surface area contributed by atoms with Crippen LogP contribution in [0.3, 0.4) is 0 Å². The van der Waals surface area contributed by atoms with Crippen LogP contribution in [0.5, 0.6) is 0 Å². The first-order valence-corrected chi connectivity index (χ1v) is 12.3. The molecule has 0 aliphatic rings. The molecule has 1 atom stereocenters. The van der Waals surface area contributed by atoms with Crippen molar-refractivity contribution >= 4 is 25.0 Å². The smallest absolute Gasteiger partial charge is 0.0516 e. The van der Waals surface area contributed by atoms with Crippen molar-refractivity contribution in [1.29, 1.82) is 0 Å². The Bertz CT molecular complexity index is 111. The highest BCUT2D eigenvalue weighted by atomic mass is 31.1. The molecule has 1 unspecified atom stereocenters. The third-order valence-corrected chi connectivity index (χ3v) is 16.8. The summed E-state index contributed by atoms with van der Waals surface area (Å²) in [7, 11) is -2.02. The van der Waals surface area contributed by atoms with Crippen LogP contribution in [0, 0.1) is 0 Å². The highest BCUT2D eigenvalue weighted by molar-refractivity contribution is 7.43. The van der Waals surface area contributed by atoms with E-state index in [9.17, 15) is 4.89 Å². The lowest BCUT2D eigenvalue weighted by atomic mass is 11.7. The maximum atomic E-state index is 9.29. The predicted molar refractivity (Wildman–Crippen MR) is 61.0 cm³/mol. The monoisotopic (exact) mass is 208 g/mol. The summed E-state index contributed by atoms with van der Waals surface area (Å²) in [6.45, 7) is 14.2. The van der Waals surface area contributed by atoms with Gasteiger partial charge in [-0.25, -0.2) is 0 Å². The minimum atomic E-state index is -1.10. The van der Waals surface area contributed by atoms with Gasteiger partial charge in [0.1, 0.15) is 0 Å². The topological polar surface area (TPSA) is 20.2 Å². The zero-order chi connectivity index (χ0) is 9.28. The van der Waals surface area contributed by atoms with E-state index in [-0.39, 0.29) is 8.81 Å². The van der Waals surface area contributed by atoms with E-state index >= 15 is 0 Å². The second-order valence-corrected chi connectivity index (χ2v) is 18.5. The van der Waals surface area contributed by atoms with Crippen molar-refractivity contribution in [2.24, 2.45) is 0 Å². The van der Waals surface area contributed by atoms with Gasteiger partial charge in [-0.1, -0.05) is 39.3 Å². The van der Waals surface area contributed by atoms with Crippen LogP contribution < -0.4 is 0 Å². The van der Waals surface area contributed by atoms with E-state index in [4.69, 9.17) is 0 Å². The highest BCUT2D eigenvalue weighted by Gasteiger charge is 2.36. The Morgan fingerprint density at radius 1 is 0.909 bits per heavy atom. The third-order valence-electron chi connectivity index (χ3n) is 1.86. The quantitative estimate of drug-likeness (QED) is 0.558. The van der Waals surface area contributed by atoms with Crippen LogP contribution in [-0.4, -0.2) is 25.9 Å². The van der Waals surface area contributed by atoms with Crippen LogP contribution in [0.4, 0.5) is 0 Å². The molecule has 68 valence electrons.